The molecule has 0 spiro atoms. The van der Waals surface area contributed by atoms with E-state index in [4.69, 9.17) is 20.3 Å². The number of hydrogen-bond acceptors (Lipinski definition) is 8. The first-order valence-corrected chi connectivity index (χ1v) is 12.1. The second kappa shape index (κ2) is 9.79. The number of hydrogen-bond donors (Lipinski definition) is 2. The SMILES string of the molecule is Nc1nccc2cc(CNc3nccc4nn(Cc5ccc(OC6CCOCC6)nc5)cc34)ccc12. The molecule has 1 aromatic carbocycles. The van der Waals surface area contributed by atoms with Gasteiger partial charge in [0.15, 0.2) is 0 Å². The molecule has 3 N–H and O–H groups in total. The molecule has 0 atom stereocenters. The number of nitrogens with one attached hydrogen (secondary N) is 1. The number of fused-ring (bicyclic) bond motifs is 2. The molecule has 1 fully saturated rings. The lowest BCUT2D eigenvalue weighted by Gasteiger charge is -2.22. The summed E-state index contributed by atoms with van der Waals surface area (Å²) in [5.41, 5.74) is 9.05. The Hall–Kier alpha value is -4.24. The second-order valence-corrected chi connectivity index (χ2v) is 8.96. The average molecular weight is 482 g/mol. The van der Waals surface area contributed by atoms with Crippen molar-refractivity contribution in [2.24, 2.45) is 0 Å². The summed E-state index contributed by atoms with van der Waals surface area (Å²) in [7, 11) is 0. The molecule has 5 heterocycles. The summed E-state index contributed by atoms with van der Waals surface area (Å²) < 4.78 is 13.3. The maximum absolute atomic E-state index is 5.98. The molecule has 9 heteroatoms. The number of nitrogen functional groups attached to an aromatic ring is 1. The number of aromatic nitrogens is 5. The zero-order valence-electron chi connectivity index (χ0n) is 19.8. The van der Waals surface area contributed by atoms with Gasteiger partial charge in [-0.15, -0.1) is 0 Å². The lowest BCUT2D eigenvalue weighted by molar-refractivity contribution is 0.0237. The number of nitrogens with zero attached hydrogens (tertiary/aromatic N) is 5. The molecule has 9 nitrogen and oxygen atoms in total. The van der Waals surface area contributed by atoms with Crippen LogP contribution in [0.3, 0.4) is 0 Å². The molecule has 0 amide bonds. The molecular weight excluding hydrogens is 454 g/mol. The topological polar surface area (TPSA) is 113 Å². The monoisotopic (exact) mass is 481 g/mol. The van der Waals surface area contributed by atoms with Crippen LogP contribution in [-0.2, 0) is 17.8 Å². The number of ether oxygens (including phenoxy) is 2. The van der Waals surface area contributed by atoms with Crippen LogP contribution in [0.15, 0.2) is 67.3 Å². The Bertz CT molecular complexity index is 1490. The highest BCUT2D eigenvalue weighted by atomic mass is 16.5. The van der Waals surface area contributed by atoms with Crippen LogP contribution in [-0.4, -0.2) is 44.1 Å². The van der Waals surface area contributed by atoms with Crippen molar-refractivity contribution < 1.29 is 9.47 Å². The van der Waals surface area contributed by atoms with Crippen molar-refractivity contribution in [1.29, 1.82) is 0 Å². The van der Waals surface area contributed by atoms with E-state index < -0.39 is 0 Å². The van der Waals surface area contributed by atoms with E-state index in [1.807, 2.05) is 47.4 Å². The number of nitrogens with two attached hydrogens (primary N) is 1. The Balaban J connectivity index is 1.14. The van der Waals surface area contributed by atoms with Crippen LogP contribution in [0.25, 0.3) is 21.7 Å². The first kappa shape index (κ1) is 22.2. The lowest BCUT2D eigenvalue weighted by Crippen LogP contribution is -2.26. The third-order valence-corrected chi connectivity index (χ3v) is 6.40. The molecule has 1 saturated heterocycles. The predicted octanol–water partition coefficient (Wildman–Crippen LogP) is 4.17. The first-order valence-electron chi connectivity index (χ1n) is 12.1. The summed E-state index contributed by atoms with van der Waals surface area (Å²) in [6.07, 6.45) is 9.36. The van der Waals surface area contributed by atoms with E-state index in [1.54, 1.807) is 12.4 Å². The van der Waals surface area contributed by atoms with Crippen molar-refractivity contribution in [2.45, 2.75) is 32.0 Å². The fraction of sp³-hybridized carbons (Fsp3) is 0.259. The highest BCUT2D eigenvalue weighted by Crippen LogP contribution is 2.24. The van der Waals surface area contributed by atoms with Gasteiger partial charge in [-0.1, -0.05) is 18.2 Å². The van der Waals surface area contributed by atoms with Gasteiger partial charge in [0.1, 0.15) is 17.7 Å². The van der Waals surface area contributed by atoms with Crippen molar-refractivity contribution in [3.05, 3.63) is 78.4 Å². The van der Waals surface area contributed by atoms with Crippen LogP contribution in [0.4, 0.5) is 11.6 Å². The molecule has 5 aromatic rings. The summed E-state index contributed by atoms with van der Waals surface area (Å²) in [6, 6.07) is 14.0. The fourth-order valence-corrected chi connectivity index (χ4v) is 4.49. The minimum Gasteiger partial charge on any atom is -0.474 e. The quantitative estimate of drug-likeness (QED) is 0.356. The largest absolute Gasteiger partial charge is 0.474 e. The van der Waals surface area contributed by atoms with E-state index >= 15 is 0 Å². The average Bonchev–Trinajstić information content (AvgIpc) is 3.32. The van der Waals surface area contributed by atoms with E-state index in [0.717, 1.165) is 64.7 Å². The van der Waals surface area contributed by atoms with Gasteiger partial charge >= 0.3 is 0 Å². The van der Waals surface area contributed by atoms with E-state index in [9.17, 15) is 0 Å². The highest BCUT2D eigenvalue weighted by Gasteiger charge is 2.16. The third-order valence-electron chi connectivity index (χ3n) is 6.40. The summed E-state index contributed by atoms with van der Waals surface area (Å²) in [4.78, 5) is 13.2. The molecule has 36 heavy (non-hydrogen) atoms. The Kier molecular flexibility index (Phi) is 6.05. The van der Waals surface area contributed by atoms with Crippen LogP contribution in [0.1, 0.15) is 24.0 Å². The van der Waals surface area contributed by atoms with E-state index in [1.165, 1.54) is 0 Å². The Morgan fingerprint density at radius 2 is 1.83 bits per heavy atom. The van der Waals surface area contributed by atoms with Crippen molar-refractivity contribution in [3.8, 4) is 5.88 Å². The van der Waals surface area contributed by atoms with Gasteiger partial charge in [-0.25, -0.2) is 15.0 Å². The predicted molar refractivity (Wildman–Crippen MR) is 139 cm³/mol. The molecule has 0 aliphatic carbocycles. The van der Waals surface area contributed by atoms with Gasteiger partial charge in [0, 0.05) is 55.6 Å². The van der Waals surface area contributed by atoms with E-state index in [2.05, 4.69) is 32.4 Å². The maximum Gasteiger partial charge on any atom is 0.213 e. The molecule has 0 unspecified atom stereocenters. The number of pyridine rings is 3. The molecule has 4 aromatic heterocycles. The minimum absolute atomic E-state index is 0.177. The zero-order chi connectivity index (χ0) is 24.3. The first-order chi connectivity index (χ1) is 17.7. The summed E-state index contributed by atoms with van der Waals surface area (Å²) in [5, 5.41) is 11.2. The maximum atomic E-state index is 5.98. The van der Waals surface area contributed by atoms with Crippen LogP contribution in [0.5, 0.6) is 5.88 Å². The van der Waals surface area contributed by atoms with Crippen LogP contribution < -0.4 is 15.8 Å². The number of rotatable bonds is 7. The normalized spacial score (nSPS) is 14.3. The van der Waals surface area contributed by atoms with Crippen molar-refractivity contribution in [2.75, 3.05) is 24.3 Å². The van der Waals surface area contributed by atoms with Gasteiger partial charge in [-0.3, -0.25) is 4.68 Å². The molecule has 0 bridgehead atoms. The molecule has 182 valence electrons. The van der Waals surface area contributed by atoms with Gasteiger partial charge < -0.3 is 20.5 Å². The molecule has 0 radical (unpaired) electrons. The Morgan fingerprint density at radius 3 is 2.69 bits per heavy atom. The summed E-state index contributed by atoms with van der Waals surface area (Å²) in [6.45, 7) is 2.74. The van der Waals surface area contributed by atoms with Crippen LogP contribution in [0.2, 0.25) is 0 Å². The van der Waals surface area contributed by atoms with Crippen molar-refractivity contribution in [1.82, 2.24) is 24.7 Å². The molecule has 6 rings (SSSR count). The van der Waals surface area contributed by atoms with Gasteiger partial charge in [-0.05, 0) is 34.7 Å². The number of benzene rings is 1. The van der Waals surface area contributed by atoms with Gasteiger partial charge in [-0.2, -0.15) is 5.10 Å². The smallest absolute Gasteiger partial charge is 0.213 e. The lowest BCUT2D eigenvalue weighted by atomic mass is 10.1. The second-order valence-electron chi connectivity index (χ2n) is 8.96. The molecule has 1 aliphatic rings. The van der Waals surface area contributed by atoms with Gasteiger partial charge in [0.05, 0.1) is 30.7 Å². The minimum atomic E-state index is 0.177. The standard InChI is InChI=1S/C27H27N7O2/c28-26-22-3-1-18(13-20(22)5-9-29-26)14-32-27-23-17-34(33-24(23)6-10-30-27)16-19-2-4-25(31-15-19)36-21-7-11-35-12-8-21/h1-6,9-10,13,15,17,21H,7-8,11-12,14,16H2,(H2,28,29)(H,30,32). The van der Waals surface area contributed by atoms with Crippen molar-refractivity contribution >= 4 is 33.3 Å². The van der Waals surface area contributed by atoms with Crippen LogP contribution in [0, 0.1) is 0 Å². The van der Waals surface area contributed by atoms with Gasteiger partial charge in [0.25, 0.3) is 0 Å². The molecular formula is C27H27N7O2. The Morgan fingerprint density at radius 1 is 0.972 bits per heavy atom. The highest BCUT2D eigenvalue weighted by molar-refractivity contribution is 5.91. The number of anilines is 2. The van der Waals surface area contributed by atoms with Crippen LogP contribution >= 0.6 is 0 Å². The third kappa shape index (κ3) is 4.78. The zero-order valence-corrected chi connectivity index (χ0v) is 19.8. The van der Waals surface area contributed by atoms with E-state index in [0.29, 0.717) is 24.8 Å². The molecule has 0 saturated carbocycles. The fourth-order valence-electron chi connectivity index (χ4n) is 4.49. The Labute approximate surface area is 208 Å². The van der Waals surface area contributed by atoms with E-state index in [-0.39, 0.29) is 6.10 Å². The summed E-state index contributed by atoms with van der Waals surface area (Å²) in [5.74, 6) is 1.99. The molecule has 1 aliphatic heterocycles. The van der Waals surface area contributed by atoms with Gasteiger partial charge in [0.2, 0.25) is 5.88 Å². The summed E-state index contributed by atoms with van der Waals surface area (Å²) >= 11 is 0. The van der Waals surface area contributed by atoms with Crippen molar-refractivity contribution in [3.63, 3.8) is 0 Å².